The van der Waals surface area contributed by atoms with Gasteiger partial charge in [0.2, 0.25) is 0 Å². The average molecular weight is 374 g/mol. The quantitative estimate of drug-likeness (QED) is 0.311. The minimum absolute atomic E-state index is 0.0697. The van der Waals surface area contributed by atoms with Crippen molar-refractivity contribution >= 4 is 22.8 Å². The molecule has 0 heterocycles. The Bertz CT molecular complexity index is 755. The highest BCUT2D eigenvalue weighted by atomic mass is 16.8. The number of nitrogens with zero attached hydrogens (tertiary/aromatic N) is 4. The summed E-state index contributed by atoms with van der Waals surface area (Å²) in [6.07, 6.45) is 0. The zero-order valence-corrected chi connectivity index (χ0v) is 14.6. The molecule has 2 rings (SSSR count). The van der Waals surface area contributed by atoms with Crippen molar-refractivity contribution in [3.63, 3.8) is 0 Å². The highest BCUT2D eigenvalue weighted by molar-refractivity contribution is 5.99. The molecule has 0 spiro atoms. The summed E-state index contributed by atoms with van der Waals surface area (Å²) >= 11 is 0. The summed E-state index contributed by atoms with van der Waals surface area (Å²) in [5.74, 6) is 0. The molecule has 10 heteroatoms. The van der Waals surface area contributed by atoms with Gasteiger partial charge in [-0.15, -0.1) is 0 Å². The van der Waals surface area contributed by atoms with Gasteiger partial charge >= 0.3 is 0 Å². The summed E-state index contributed by atoms with van der Waals surface area (Å²) in [4.78, 5) is 10.0. The minimum atomic E-state index is -0.268. The Hall–Kier alpha value is -3.18. The van der Waals surface area contributed by atoms with E-state index in [4.69, 9.17) is 20.1 Å². The van der Waals surface area contributed by atoms with Gasteiger partial charge in [-0.25, -0.2) is 0 Å². The van der Waals surface area contributed by atoms with Crippen molar-refractivity contribution in [1.29, 1.82) is 0 Å². The van der Waals surface area contributed by atoms with E-state index in [2.05, 4.69) is 10.3 Å². The van der Waals surface area contributed by atoms with E-state index in [1.54, 1.807) is 38.1 Å². The smallest absolute Gasteiger partial charge is 0.280 e. The average Bonchev–Trinajstić information content (AvgIpc) is 2.67. The molecule has 2 aromatic carbocycles. The first-order valence-corrected chi connectivity index (χ1v) is 7.74. The summed E-state index contributed by atoms with van der Waals surface area (Å²) in [7, 11) is 0. The molecule has 0 aliphatic heterocycles. The lowest BCUT2D eigenvalue weighted by molar-refractivity contribution is -0.0505. The Labute approximate surface area is 155 Å². The maximum absolute atomic E-state index is 10.9. The van der Waals surface area contributed by atoms with Gasteiger partial charge in [-0.2, -0.15) is 0 Å². The van der Waals surface area contributed by atoms with Crippen LogP contribution >= 0.6 is 0 Å². The zero-order valence-electron chi connectivity index (χ0n) is 14.6. The first-order chi connectivity index (χ1) is 12.9. The summed E-state index contributed by atoms with van der Waals surface area (Å²) in [5, 5.41) is 46.8. The van der Waals surface area contributed by atoms with E-state index in [1.165, 1.54) is 24.3 Å². The maximum atomic E-state index is 10.9. The van der Waals surface area contributed by atoms with E-state index >= 15 is 0 Å². The van der Waals surface area contributed by atoms with Crippen LogP contribution in [-0.2, 0) is 9.68 Å². The normalized spacial score (nSPS) is 11.9. The van der Waals surface area contributed by atoms with Gasteiger partial charge in [-0.05, 0) is 38.1 Å². The molecule has 0 radical (unpaired) electrons. The largest absolute Gasteiger partial charge is 0.733 e. The molecule has 0 aliphatic rings. The highest BCUT2D eigenvalue weighted by Crippen LogP contribution is 2.15. The standard InChI is InChI=1S/C17H18N4O6/c1-12(14-5-3-7-16(9-14)20(22)23)18-26-11-27-19-13(2)15-6-4-8-17(10-15)21(24)25/h3-10,22,24H,11H2,1-2H3/q-2. The van der Waals surface area contributed by atoms with Gasteiger partial charge in [0.15, 0.2) is 0 Å². The van der Waals surface area contributed by atoms with Crippen LogP contribution < -0.4 is 10.5 Å². The van der Waals surface area contributed by atoms with Crippen molar-refractivity contribution in [3.05, 3.63) is 70.1 Å². The summed E-state index contributed by atoms with van der Waals surface area (Å²) in [5.41, 5.74) is 2.25. The maximum Gasteiger partial charge on any atom is 0.280 e. The molecule has 0 amide bonds. The van der Waals surface area contributed by atoms with E-state index in [0.717, 1.165) is 0 Å². The molecule has 0 atom stereocenters. The Balaban J connectivity index is 1.90. The van der Waals surface area contributed by atoms with Crippen molar-refractivity contribution < 1.29 is 20.1 Å². The first-order valence-electron chi connectivity index (χ1n) is 7.74. The molecular formula is C17H18N4O6-2. The van der Waals surface area contributed by atoms with Crippen molar-refractivity contribution in [2.45, 2.75) is 13.8 Å². The van der Waals surface area contributed by atoms with Crippen LogP contribution in [0.1, 0.15) is 25.0 Å². The van der Waals surface area contributed by atoms with Crippen LogP contribution in [0.15, 0.2) is 58.8 Å². The van der Waals surface area contributed by atoms with Gasteiger partial charge in [-0.3, -0.25) is 10.4 Å². The van der Waals surface area contributed by atoms with Gasteiger partial charge in [-0.1, -0.05) is 34.6 Å². The number of hydrogen-bond donors (Lipinski definition) is 2. The van der Waals surface area contributed by atoms with Crippen molar-refractivity contribution in [2.24, 2.45) is 10.3 Å². The second-order valence-electron chi connectivity index (χ2n) is 5.38. The molecule has 0 fully saturated rings. The lowest BCUT2D eigenvalue weighted by atomic mass is 10.1. The van der Waals surface area contributed by atoms with Crippen LogP contribution in [-0.4, -0.2) is 28.6 Å². The molecule has 0 saturated heterocycles. The second kappa shape index (κ2) is 9.50. The Morgan fingerprint density at radius 2 is 1.26 bits per heavy atom. The number of anilines is 2. The molecule has 2 N–H and O–H groups in total. The fourth-order valence-corrected chi connectivity index (χ4v) is 2.08. The van der Waals surface area contributed by atoms with E-state index in [0.29, 0.717) is 22.6 Å². The van der Waals surface area contributed by atoms with Gasteiger partial charge in [0.1, 0.15) is 0 Å². The number of oxime groups is 2. The zero-order chi connectivity index (χ0) is 19.8. The topological polar surface area (TPSA) is 136 Å². The Kier molecular flexibility index (Phi) is 7.08. The predicted molar refractivity (Wildman–Crippen MR) is 99.6 cm³/mol. The van der Waals surface area contributed by atoms with Gasteiger partial charge in [0.05, 0.1) is 22.8 Å². The van der Waals surface area contributed by atoms with Gasteiger partial charge in [0.25, 0.3) is 6.79 Å². The van der Waals surface area contributed by atoms with Crippen molar-refractivity contribution in [3.8, 4) is 0 Å². The molecule has 10 nitrogen and oxygen atoms in total. The van der Waals surface area contributed by atoms with Crippen LogP contribution in [0.4, 0.5) is 11.4 Å². The van der Waals surface area contributed by atoms with Gasteiger partial charge < -0.3 is 30.5 Å². The van der Waals surface area contributed by atoms with Crippen LogP contribution in [0.2, 0.25) is 0 Å². The monoisotopic (exact) mass is 374 g/mol. The highest BCUT2D eigenvalue weighted by Gasteiger charge is 2.02. The predicted octanol–water partition coefficient (Wildman–Crippen LogP) is 3.21. The van der Waals surface area contributed by atoms with E-state index in [1.807, 2.05) is 0 Å². The molecule has 0 aromatic heterocycles. The number of benzene rings is 2. The van der Waals surface area contributed by atoms with Crippen LogP contribution in [0.5, 0.6) is 0 Å². The molecule has 0 unspecified atom stereocenters. The summed E-state index contributed by atoms with van der Waals surface area (Å²) < 4.78 is 0. The second-order valence-corrected chi connectivity index (χ2v) is 5.38. The number of rotatable bonds is 8. The van der Waals surface area contributed by atoms with Crippen LogP contribution in [0.25, 0.3) is 0 Å². The molecule has 144 valence electrons. The Morgan fingerprint density at radius 3 is 1.63 bits per heavy atom. The third kappa shape index (κ3) is 5.94. The van der Waals surface area contributed by atoms with Crippen molar-refractivity contribution in [1.82, 2.24) is 0 Å². The molecule has 0 aliphatic carbocycles. The van der Waals surface area contributed by atoms with Crippen molar-refractivity contribution in [2.75, 3.05) is 17.2 Å². The van der Waals surface area contributed by atoms with Crippen LogP contribution in [0, 0.1) is 10.4 Å². The first kappa shape index (κ1) is 20.1. The summed E-state index contributed by atoms with van der Waals surface area (Å²) in [6, 6.07) is 12.4. The Morgan fingerprint density at radius 1 is 0.852 bits per heavy atom. The third-order valence-electron chi connectivity index (χ3n) is 3.48. The lowest BCUT2D eigenvalue weighted by Crippen LogP contribution is -2.08. The lowest BCUT2D eigenvalue weighted by Gasteiger charge is -2.21. The minimum Gasteiger partial charge on any atom is -0.733 e. The summed E-state index contributed by atoms with van der Waals surface area (Å²) in [6.45, 7) is 3.06. The van der Waals surface area contributed by atoms with Crippen LogP contribution in [0.3, 0.4) is 0 Å². The molecular weight excluding hydrogens is 356 g/mol. The number of hydrogen-bond acceptors (Lipinski definition) is 10. The molecule has 0 bridgehead atoms. The fourth-order valence-electron chi connectivity index (χ4n) is 2.08. The molecule has 2 aromatic rings. The van der Waals surface area contributed by atoms with E-state index in [-0.39, 0.29) is 28.6 Å². The van der Waals surface area contributed by atoms with Gasteiger partial charge in [0, 0.05) is 11.1 Å². The van der Waals surface area contributed by atoms with E-state index in [9.17, 15) is 10.4 Å². The third-order valence-corrected chi connectivity index (χ3v) is 3.48. The van der Waals surface area contributed by atoms with E-state index < -0.39 is 0 Å². The SMILES string of the molecule is CC(=NOCON=C(C)c1cccc(N([O-])O)c1)c1cccc(N([O-])O)c1. The molecule has 0 saturated carbocycles. The fraction of sp³-hybridized carbons (Fsp3) is 0.176. The molecule has 27 heavy (non-hydrogen) atoms.